The SMILES string of the molecule is CCC(NC)c1ccn(Cc2ccc(C#N)c(OC)c2)c1. The number of rotatable bonds is 6. The van der Waals surface area contributed by atoms with Gasteiger partial charge in [-0.1, -0.05) is 13.0 Å². The highest BCUT2D eigenvalue weighted by molar-refractivity contribution is 5.45. The van der Waals surface area contributed by atoms with E-state index >= 15 is 0 Å². The summed E-state index contributed by atoms with van der Waals surface area (Å²) in [6.07, 6.45) is 5.31. The topological polar surface area (TPSA) is 50.0 Å². The summed E-state index contributed by atoms with van der Waals surface area (Å²) in [6.45, 7) is 2.94. The zero-order valence-corrected chi connectivity index (χ0v) is 12.8. The van der Waals surface area contributed by atoms with Crippen molar-refractivity contribution in [3.05, 3.63) is 53.3 Å². The molecule has 0 amide bonds. The van der Waals surface area contributed by atoms with Crippen LogP contribution in [-0.4, -0.2) is 18.7 Å². The second-order valence-electron chi connectivity index (χ2n) is 5.01. The molecule has 1 N–H and O–H groups in total. The molecule has 0 saturated heterocycles. The van der Waals surface area contributed by atoms with Crippen LogP contribution in [0.25, 0.3) is 0 Å². The molecule has 4 heteroatoms. The second-order valence-corrected chi connectivity index (χ2v) is 5.01. The quantitative estimate of drug-likeness (QED) is 0.886. The van der Waals surface area contributed by atoms with E-state index < -0.39 is 0 Å². The molecule has 21 heavy (non-hydrogen) atoms. The highest BCUT2D eigenvalue weighted by Gasteiger charge is 2.09. The van der Waals surface area contributed by atoms with Crippen molar-refractivity contribution in [3.8, 4) is 11.8 Å². The lowest BCUT2D eigenvalue weighted by Crippen LogP contribution is -2.14. The maximum absolute atomic E-state index is 9.01. The van der Waals surface area contributed by atoms with Gasteiger partial charge in [0, 0.05) is 25.0 Å². The van der Waals surface area contributed by atoms with Gasteiger partial charge in [-0.2, -0.15) is 5.26 Å². The van der Waals surface area contributed by atoms with Crippen LogP contribution in [0, 0.1) is 11.3 Å². The van der Waals surface area contributed by atoms with Crippen molar-refractivity contribution < 1.29 is 4.74 Å². The van der Waals surface area contributed by atoms with Crippen molar-refractivity contribution in [2.75, 3.05) is 14.2 Å². The number of methoxy groups -OCH3 is 1. The van der Waals surface area contributed by atoms with Gasteiger partial charge in [0.05, 0.1) is 12.7 Å². The number of benzene rings is 1. The molecule has 0 aliphatic rings. The van der Waals surface area contributed by atoms with Crippen molar-refractivity contribution in [1.29, 1.82) is 5.26 Å². The molecule has 1 heterocycles. The summed E-state index contributed by atoms with van der Waals surface area (Å²) >= 11 is 0. The zero-order valence-electron chi connectivity index (χ0n) is 12.8. The van der Waals surface area contributed by atoms with Crippen molar-refractivity contribution >= 4 is 0 Å². The maximum Gasteiger partial charge on any atom is 0.136 e. The number of ether oxygens (including phenoxy) is 1. The van der Waals surface area contributed by atoms with Crippen LogP contribution >= 0.6 is 0 Å². The Morgan fingerprint density at radius 3 is 2.81 bits per heavy atom. The summed E-state index contributed by atoms with van der Waals surface area (Å²) in [5.74, 6) is 0.629. The lowest BCUT2D eigenvalue weighted by atomic mass is 10.1. The van der Waals surface area contributed by atoms with Crippen LogP contribution in [0.3, 0.4) is 0 Å². The van der Waals surface area contributed by atoms with Crippen molar-refractivity contribution in [2.45, 2.75) is 25.9 Å². The third-order valence-corrected chi connectivity index (χ3v) is 3.68. The molecule has 0 aliphatic carbocycles. The van der Waals surface area contributed by atoms with E-state index in [0.29, 0.717) is 17.4 Å². The largest absolute Gasteiger partial charge is 0.495 e. The van der Waals surface area contributed by atoms with Gasteiger partial charge in [0.25, 0.3) is 0 Å². The van der Waals surface area contributed by atoms with Gasteiger partial charge >= 0.3 is 0 Å². The summed E-state index contributed by atoms with van der Waals surface area (Å²) in [6, 6.07) is 10.4. The van der Waals surface area contributed by atoms with Crippen molar-refractivity contribution in [1.82, 2.24) is 9.88 Å². The zero-order chi connectivity index (χ0) is 15.2. The Kier molecular flexibility index (Phi) is 5.02. The molecule has 1 aromatic carbocycles. The lowest BCUT2D eigenvalue weighted by molar-refractivity contribution is 0.413. The Morgan fingerprint density at radius 2 is 2.19 bits per heavy atom. The molecule has 0 bridgehead atoms. The molecule has 1 unspecified atom stereocenters. The molecule has 0 saturated carbocycles. The van der Waals surface area contributed by atoms with Gasteiger partial charge < -0.3 is 14.6 Å². The fraction of sp³-hybridized carbons (Fsp3) is 0.353. The molecule has 1 atom stereocenters. The average molecular weight is 283 g/mol. The first-order chi connectivity index (χ1) is 10.2. The number of nitrogens with one attached hydrogen (secondary N) is 1. The molecule has 0 spiro atoms. The van der Waals surface area contributed by atoms with Gasteiger partial charge in [-0.25, -0.2) is 0 Å². The van der Waals surface area contributed by atoms with Gasteiger partial charge in [-0.05, 0) is 42.8 Å². The standard InChI is InChI=1S/C17H21N3O/c1-4-16(19-2)15-7-8-20(12-15)11-13-5-6-14(10-18)17(9-13)21-3/h5-9,12,16,19H,4,11H2,1-3H3. The molecule has 2 aromatic rings. The Hall–Kier alpha value is -2.25. The normalized spacial score (nSPS) is 11.9. The van der Waals surface area contributed by atoms with Gasteiger partial charge in [0.15, 0.2) is 0 Å². The van der Waals surface area contributed by atoms with Crippen molar-refractivity contribution in [2.24, 2.45) is 0 Å². The highest BCUT2D eigenvalue weighted by Crippen LogP contribution is 2.21. The van der Waals surface area contributed by atoms with Crippen LogP contribution in [0.1, 0.15) is 36.1 Å². The second kappa shape index (κ2) is 6.96. The van der Waals surface area contributed by atoms with E-state index in [0.717, 1.165) is 18.5 Å². The Labute approximate surface area is 126 Å². The summed E-state index contributed by atoms with van der Waals surface area (Å²) in [7, 11) is 3.57. The third-order valence-electron chi connectivity index (χ3n) is 3.68. The van der Waals surface area contributed by atoms with Gasteiger partial charge in [0.2, 0.25) is 0 Å². The smallest absolute Gasteiger partial charge is 0.136 e. The first-order valence-electron chi connectivity index (χ1n) is 7.11. The van der Waals surface area contributed by atoms with Gasteiger partial charge in [0.1, 0.15) is 11.8 Å². The van der Waals surface area contributed by atoms with E-state index in [-0.39, 0.29) is 0 Å². The fourth-order valence-electron chi connectivity index (χ4n) is 2.51. The average Bonchev–Trinajstić information content (AvgIpc) is 2.96. The lowest BCUT2D eigenvalue weighted by Gasteiger charge is -2.11. The molecule has 1 aromatic heterocycles. The first kappa shape index (κ1) is 15.1. The van der Waals surface area contributed by atoms with E-state index in [4.69, 9.17) is 10.00 Å². The summed E-state index contributed by atoms with van der Waals surface area (Å²) in [5.41, 5.74) is 2.97. The van der Waals surface area contributed by atoms with Crippen LogP contribution in [0.2, 0.25) is 0 Å². The summed E-state index contributed by atoms with van der Waals surface area (Å²) in [5, 5.41) is 12.3. The predicted molar refractivity (Wildman–Crippen MR) is 83.3 cm³/mol. The Balaban J connectivity index is 2.17. The summed E-state index contributed by atoms with van der Waals surface area (Å²) < 4.78 is 7.40. The molecule has 0 fully saturated rings. The predicted octanol–water partition coefficient (Wildman–Crippen LogP) is 3.09. The van der Waals surface area contributed by atoms with E-state index in [1.54, 1.807) is 13.2 Å². The van der Waals surface area contributed by atoms with Gasteiger partial charge in [-0.15, -0.1) is 0 Å². The van der Waals surface area contributed by atoms with Crippen LogP contribution in [0.5, 0.6) is 5.75 Å². The number of hydrogen-bond acceptors (Lipinski definition) is 3. The molecule has 110 valence electrons. The fourth-order valence-corrected chi connectivity index (χ4v) is 2.51. The van der Waals surface area contributed by atoms with E-state index in [9.17, 15) is 0 Å². The van der Waals surface area contributed by atoms with E-state index in [2.05, 4.69) is 41.3 Å². The maximum atomic E-state index is 9.01. The van der Waals surface area contributed by atoms with Gasteiger partial charge in [-0.3, -0.25) is 0 Å². The number of aromatic nitrogens is 1. The van der Waals surface area contributed by atoms with Crippen LogP contribution < -0.4 is 10.1 Å². The number of nitrogens with zero attached hydrogens (tertiary/aromatic N) is 2. The molecular formula is C17H21N3O. The summed E-state index contributed by atoms with van der Waals surface area (Å²) in [4.78, 5) is 0. The first-order valence-corrected chi connectivity index (χ1v) is 7.11. The van der Waals surface area contributed by atoms with Crippen LogP contribution in [0.4, 0.5) is 0 Å². The third kappa shape index (κ3) is 3.45. The van der Waals surface area contributed by atoms with E-state index in [1.165, 1.54) is 5.56 Å². The Bertz CT molecular complexity index is 636. The molecular weight excluding hydrogens is 262 g/mol. The molecule has 2 rings (SSSR count). The van der Waals surface area contributed by atoms with Crippen LogP contribution in [0.15, 0.2) is 36.7 Å². The minimum absolute atomic E-state index is 0.391. The van der Waals surface area contributed by atoms with Crippen molar-refractivity contribution in [3.63, 3.8) is 0 Å². The highest BCUT2D eigenvalue weighted by atomic mass is 16.5. The minimum atomic E-state index is 0.391. The van der Waals surface area contributed by atoms with Crippen LogP contribution in [-0.2, 0) is 6.54 Å². The Morgan fingerprint density at radius 1 is 1.38 bits per heavy atom. The minimum Gasteiger partial charge on any atom is -0.495 e. The number of nitriles is 1. The molecule has 0 radical (unpaired) electrons. The molecule has 0 aliphatic heterocycles. The monoisotopic (exact) mass is 283 g/mol. The van der Waals surface area contributed by atoms with E-state index in [1.807, 2.05) is 19.2 Å². The number of hydrogen-bond donors (Lipinski definition) is 1. The molecule has 4 nitrogen and oxygen atoms in total.